The maximum atomic E-state index is 12.8. The molecular formula is C34H41N7O6S3. The zero-order chi connectivity index (χ0) is 35.9. The molecule has 0 saturated carbocycles. The van der Waals surface area contributed by atoms with Crippen molar-refractivity contribution in [3.05, 3.63) is 83.2 Å². The highest BCUT2D eigenvalue weighted by Crippen LogP contribution is 2.42. The van der Waals surface area contributed by atoms with Crippen LogP contribution in [0.4, 0.5) is 17.2 Å². The summed E-state index contributed by atoms with van der Waals surface area (Å²) in [5.41, 5.74) is 2.14. The Labute approximate surface area is 296 Å². The molecule has 0 spiro atoms. The highest BCUT2D eigenvalue weighted by molar-refractivity contribution is 7.92. The van der Waals surface area contributed by atoms with Gasteiger partial charge in [-0.3, -0.25) is 9.71 Å². The smallest absolute Gasteiger partial charge is 0.270 e. The molecule has 50 heavy (non-hydrogen) atoms. The van der Waals surface area contributed by atoms with Gasteiger partial charge in [0.25, 0.3) is 15.9 Å². The fourth-order valence-electron chi connectivity index (χ4n) is 5.00. The minimum absolute atomic E-state index is 0.122. The number of ether oxygens (including phenoxy) is 2. The molecule has 0 unspecified atom stereocenters. The highest BCUT2D eigenvalue weighted by Gasteiger charge is 2.28. The summed E-state index contributed by atoms with van der Waals surface area (Å²) < 4.78 is 68.7. The van der Waals surface area contributed by atoms with Gasteiger partial charge in [0.2, 0.25) is 10.0 Å². The molecular weight excluding hydrogens is 699 g/mol. The van der Waals surface area contributed by atoms with Crippen LogP contribution in [0.3, 0.4) is 0 Å². The Morgan fingerprint density at radius 1 is 0.920 bits per heavy atom. The Morgan fingerprint density at radius 2 is 1.60 bits per heavy atom. The van der Waals surface area contributed by atoms with Crippen LogP contribution >= 0.6 is 11.3 Å². The van der Waals surface area contributed by atoms with Crippen LogP contribution in [0.25, 0.3) is 10.2 Å². The van der Waals surface area contributed by atoms with Crippen molar-refractivity contribution in [2.75, 3.05) is 23.8 Å². The lowest BCUT2D eigenvalue weighted by Crippen LogP contribution is -2.19. The highest BCUT2D eigenvalue weighted by atomic mass is 32.2. The van der Waals surface area contributed by atoms with Crippen LogP contribution in [0.5, 0.6) is 17.4 Å². The van der Waals surface area contributed by atoms with E-state index in [4.69, 9.17) is 14.5 Å². The van der Waals surface area contributed by atoms with Crippen LogP contribution in [-0.4, -0.2) is 55.7 Å². The number of unbranched alkanes of at least 4 members (excludes halogenated alkanes) is 1. The Hall–Kier alpha value is -4.54. The van der Waals surface area contributed by atoms with Gasteiger partial charge in [0.05, 0.1) is 35.4 Å². The lowest BCUT2D eigenvalue weighted by atomic mass is 10.2. The number of hydrogen-bond donors (Lipinski definition) is 1. The third kappa shape index (κ3) is 9.17. The average molecular weight is 740 g/mol. The van der Waals surface area contributed by atoms with Gasteiger partial charge in [0.1, 0.15) is 17.2 Å². The second kappa shape index (κ2) is 16.0. The molecule has 0 radical (unpaired) electrons. The van der Waals surface area contributed by atoms with Crippen LogP contribution in [-0.2, 0) is 26.6 Å². The fourth-order valence-corrected chi connectivity index (χ4v) is 7.35. The second-order valence-electron chi connectivity index (χ2n) is 11.6. The third-order valence-corrected chi connectivity index (χ3v) is 10.1. The number of aromatic nitrogens is 3. The molecule has 0 aliphatic carbocycles. The number of benzene rings is 3. The number of thiazole rings is 1. The number of rotatable bonds is 16. The number of hydrogen-bond acceptors (Lipinski definition) is 11. The number of para-hydroxylation sites is 1. The SMILES string of the molecule is CCCCN=c1sc2cc(N=Nc3c(Oc4ccccc4)nn(S(C)(=O)=O)c3NS(C)(=O)=O)c(OC(CC)CC)cc2n1Cc1ccccc1. The maximum Gasteiger partial charge on any atom is 0.270 e. The van der Waals surface area contributed by atoms with E-state index in [1.54, 1.807) is 30.3 Å². The van der Waals surface area contributed by atoms with Crippen molar-refractivity contribution in [2.24, 2.45) is 15.2 Å². The van der Waals surface area contributed by atoms with E-state index in [1.165, 1.54) is 11.3 Å². The van der Waals surface area contributed by atoms with E-state index in [0.29, 0.717) is 34.4 Å². The van der Waals surface area contributed by atoms with E-state index in [0.717, 1.165) is 58.8 Å². The summed E-state index contributed by atoms with van der Waals surface area (Å²) in [5.74, 6) is 0.0670. The number of nitrogens with zero attached hydrogens (tertiary/aromatic N) is 6. The lowest BCUT2D eigenvalue weighted by Gasteiger charge is -2.17. The predicted octanol–water partition coefficient (Wildman–Crippen LogP) is 7.60. The average Bonchev–Trinajstić information content (AvgIpc) is 3.58. The molecule has 0 aliphatic heterocycles. The van der Waals surface area contributed by atoms with Gasteiger partial charge in [0, 0.05) is 12.6 Å². The summed E-state index contributed by atoms with van der Waals surface area (Å²) in [5, 5.41) is 13.0. The molecule has 0 bridgehead atoms. The molecule has 2 heterocycles. The van der Waals surface area contributed by atoms with E-state index >= 15 is 0 Å². The van der Waals surface area contributed by atoms with Gasteiger partial charge in [-0.2, -0.15) is 0 Å². The molecule has 0 aliphatic rings. The molecule has 0 atom stereocenters. The van der Waals surface area contributed by atoms with Crippen molar-refractivity contribution in [2.45, 2.75) is 59.1 Å². The van der Waals surface area contributed by atoms with Crippen molar-refractivity contribution >= 4 is 58.8 Å². The molecule has 266 valence electrons. The first-order valence-electron chi connectivity index (χ1n) is 16.2. The molecule has 0 saturated heterocycles. The molecule has 5 aromatic rings. The zero-order valence-electron chi connectivity index (χ0n) is 28.6. The summed E-state index contributed by atoms with van der Waals surface area (Å²) in [4.78, 5) is 5.79. The lowest BCUT2D eigenvalue weighted by molar-refractivity contribution is 0.194. The van der Waals surface area contributed by atoms with Gasteiger partial charge in [-0.05, 0) is 43.0 Å². The van der Waals surface area contributed by atoms with Crippen LogP contribution in [0, 0.1) is 0 Å². The largest absolute Gasteiger partial charge is 0.488 e. The van der Waals surface area contributed by atoms with Crippen molar-refractivity contribution in [1.82, 2.24) is 13.8 Å². The topological polar surface area (TPSA) is 159 Å². The molecule has 2 aromatic heterocycles. The van der Waals surface area contributed by atoms with E-state index in [1.807, 2.05) is 44.2 Å². The molecule has 3 aromatic carbocycles. The number of sulfonamides is 1. The first-order chi connectivity index (χ1) is 23.9. The fraction of sp³-hybridized carbons (Fsp3) is 0.353. The molecule has 5 rings (SSSR count). The summed E-state index contributed by atoms with van der Waals surface area (Å²) in [6, 6.07) is 22.4. The summed E-state index contributed by atoms with van der Waals surface area (Å²) in [6.07, 6.45) is 5.13. The van der Waals surface area contributed by atoms with E-state index in [-0.39, 0.29) is 17.7 Å². The standard InChI is InChI=1S/C34H41N7O6S3/c1-6-9-20-35-34-40(23-24-16-12-10-13-17-24)28-22-29(46-25(7-2)8-3)27(21-30(28)48-34)36-37-31-32(39-49(4,42)43)41(50(5,44)45)38-33(31)47-26-18-14-11-15-19-26/h10-19,21-22,25,39H,6-9,20,23H2,1-5H3. The van der Waals surface area contributed by atoms with Crippen LogP contribution in [0.15, 0.2) is 88.0 Å². The Balaban J connectivity index is 1.72. The Kier molecular flexibility index (Phi) is 11.8. The summed E-state index contributed by atoms with van der Waals surface area (Å²) in [7, 11) is -8.11. The van der Waals surface area contributed by atoms with Crippen molar-refractivity contribution in [1.29, 1.82) is 0 Å². The van der Waals surface area contributed by atoms with Gasteiger partial charge in [0.15, 0.2) is 16.3 Å². The number of fused-ring (bicyclic) bond motifs is 1. The summed E-state index contributed by atoms with van der Waals surface area (Å²) >= 11 is 1.52. The molecule has 1 N–H and O–H groups in total. The van der Waals surface area contributed by atoms with Crippen LogP contribution < -0.4 is 19.0 Å². The van der Waals surface area contributed by atoms with Gasteiger partial charge in [-0.25, -0.2) is 16.8 Å². The first kappa shape index (κ1) is 36.7. The minimum Gasteiger partial charge on any atom is -0.488 e. The molecule has 13 nitrogen and oxygen atoms in total. The van der Waals surface area contributed by atoms with E-state index in [2.05, 4.69) is 43.7 Å². The van der Waals surface area contributed by atoms with Crippen molar-refractivity contribution in [3.8, 4) is 17.4 Å². The van der Waals surface area contributed by atoms with Gasteiger partial charge in [-0.1, -0.05) is 87.1 Å². The zero-order valence-corrected chi connectivity index (χ0v) is 31.1. The maximum absolute atomic E-state index is 12.8. The van der Waals surface area contributed by atoms with Crippen molar-refractivity contribution in [3.63, 3.8) is 0 Å². The third-order valence-electron chi connectivity index (χ3n) is 7.52. The monoisotopic (exact) mass is 739 g/mol. The number of azo groups is 1. The molecule has 0 amide bonds. The molecule has 0 fully saturated rings. The van der Waals surface area contributed by atoms with Gasteiger partial charge in [-0.15, -0.1) is 19.4 Å². The first-order valence-corrected chi connectivity index (χ1v) is 20.8. The van der Waals surface area contributed by atoms with Crippen LogP contribution in [0.1, 0.15) is 52.0 Å². The quantitative estimate of drug-likeness (QED) is 0.0806. The second-order valence-corrected chi connectivity index (χ2v) is 16.2. The predicted molar refractivity (Wildman–Crippen MR) is 197 cm³/mol. The summed E-state index contributed by atoms with van der Waals surface area (Å²) in [6.45, 7) is 7.49. The molecule has 16 heteroatoms. The van der Waals surface area contributed by atoms with Gasteiger partial charge < -0.3 is 14.0 Å². The van der Waals surface area contributed by atoms with Crippen molar-refractivity contribution < 1.29 is 26.3 Å². The number of nitrogens with one attached hydrogen (secondary N) is 1. The minimum atomic E-state index is -4.12. The van der Waals surface area contributed by atoms with Gasteiger partial charge >= 0.3 is 0 Å². The number of anilines is 1. The van der Waals surface area contributed by atoms with E-state index < -0.39 is 25.9 Å². The van der Waals surface area contributed by atoms with Crippen LogP contribution in [0.2, 0.25) is 0 Å². The normalized spacial score (nSPS) is 12.7. The van der Waals surface area contributed by atoms with E-state index in [9.17, 15) is 16.8 Å². The Bertz CT molecular complexity index is 2240. The Morgan fingerprint density at radius 3 is 2.22 bits per heavy atom.